The lowest BCUT2D eigenvalue weighted by Crippen LogP contribution is -2.47. The minimum atomic E-state index is -2.29. The van der Waals surface area contributed by atoms with Crippen LogP contribution in [0.1, 0.15) is 13.2 Å². The van der Waals surface area contributed by atoms with E-state index >= 15 is 0 Å². The fraction of sp³-hybridized carbons (Fsp3) is 0.429. The van der Waals surface area contributed by atoms with Crippen LogP contribution in [0.5, 0.6) is 0 Å². The standard InChI is InChI=1S/C14H14ClFN4O5/c1-5(21)8-9(22)14(24,2-3-15)12(25-8)20-4-6(16)7-10(20)18-13(17)19-11(7)23/h4-5,8-9,12,21-22,24H,1H3,(H3,17,18,19,23)/t5-,8-,9?,12-,14?/m1/s1. The summed E-state index contributed by atoms with van der Waals surface area (Å²) in [5.74, 6) is 0.980. The van der Waals surface area contributed by atoms with Gasteiger partial charge in [-0.3, -0.25) is 14.3 Å². The van der Waals surface area contributed by atoms with Gasteiger partial charge >= 0.3 is 0 Å². The highest BCUT2D eigenvalue weighted by Gasteiger charge is 2.57. The van der Waals surface area contributed by atoms with Gasteiger partial charge in [0.15, 0.2) is 17.7 Å². The fourth-order valence-electron chi connectivity index (χ4n) is 2.90. The van der Waals surface area contributed by atoms with Crippen molar-refractivity contribution in [2.75, 3.05) is 5.73 Å². The minimum Gasteiger partial charge on any atom is -0.391 e. The van der Waals surface area contributed by atoms with Crippen molar-refractivity contribution in [3.8, 4) is 11.3 Å². The van der Waals surface area contributed by atoms with Gasteiger partial charge in [-0.1, -0.05) is 0 Å². The van der Waals surface area contributed by atoms with Crippen LogP contribution in [0.15, 0.2) is 11.0 Å². The SMILES string of the molecule is C[C@@H](O)[C@H]1O[C@@H](n2cc(F)c3c(=O)[nH]c(N)nc32)C(O)(C#CCl)C1O. The normalized spacial score (nSPS) is 30.2. The van der Waals surface area contributed by atoms with E-state index in [0.717, 1.165) is 10.8 Å². The number of ether oxygens (including phenoxy) is 1. The van der Waals surface area contributed by atoms with E-state index in [1.165, 1.54) is 6.92 Å². The second-order valence-corrected chi connectivity index (χ2v) is 5.91. The summed E-state index contributed by atoms with van der Waals surface area (Å²) in [7, 11) is 0. The lowest BCUT2D eigenvalue weighted by atomic mass is 9.93. The molecular weight excluding hydrogens is 359 g/mol. The van der Waals surface area contributed by atoms with E-state index in [1.807, 2.05) is 5.38 Å². The molecule has 2 aromatic rings. The van der Waals surface area contributed by atoms with Crippen molar-refractivity contribution in [1.82, 2.24) is 14.5 Å². The number of nitrogens with two attached hydrogens (primary N) is 1. The van der Waals surface area contributed by atoms with Crippen LogP contribution in [-0.4, -0.2) is 53.8 Å². The molecular formula is C14H14ClFN4O5. The summed E-state index contributed by atoms with van der Waals surface area (Å²) in [6.07, 6.45) is -4.74. The quantitative estimate of drug-likeness (QED) is 0.425. The highest BCUT2D eigenvalue weighted by molar-refractivity contribution is 6.30. The summed E-state index contributed by atoms with van der Waals surface area (Å²) < 4.78 is 20.7. The first kappa shape index (κ1) is 17.7. The Balaban J connectivity index is 2.25. The zero-order chi connectivity index (χ0) is 18.5. The van der Waals surface area contributed by atoms with Crippen LogP contribution in [0.25, 0.3) is 11.0 Å². The van der Waals surface area contributed by atoms with Gasteiger partial charge in [0.25, 0.3) is 5.56 Å². The van der Waals surface area contributed by atoms with Crippen molar-refractivity contribution >= 4 is 28.6 Å². The molecule has 5 atom stereocenters. The summed E-state index contributed by atoms with van der Waals surface area (Å²) in [6, 6.07) is 0. The zero-order valence-corrected chi connectivity index (χ0v) is 13.5. The summed E-state index contributed by atoms with van der Waals surface area (Å²) in [4.78, 5) is 17.9. The second kappa shape index (κ2) is 5.98. The minimum absolute atomic E-state index is 0.225. The van der Waals surface area contributed by atoms with Crippen LogP contribution in [-0.2, 0) is 4.74 Å². The number of nitrogen functional groups attached to an aromatic ring is 1. The summed E-state index contributed by atoms with van der Waals surface area (Å²) >= 11 is 5.37. The van der Waals surface area contributed by atoms with Crippen LogP contribution in [0.3, 0.4) is 0 Å². The summed E-state index contributed by atoms with van der Waals surface area (Å²) in [6.45, 7) is 1.33. The smallest absolute Gasteiger partial charge is 0.264 e. The molecule has 1 saturated heterocycles. The molecule has 1 fully saturated rings. The van der Waals surface area contributed by atoms with E-state index in [4.69, 9.17) is 22.1 Å². The van der Waals surface area contributed by atoms with Crippen molar-refractivity contribution in [3.05, 3.63) is 22.4 Å². The van der Waals surface area contributed by atoms with E-state index in [2.05, 4.69) is 15.9 Å². The van der Waals surface area contributed by atoms with E-state index in [-0.39, 0.29) is 11.6 Å². The van der Waals surface area contributed by atoms with Gasteiger partial charge in [-0.05, 0) is 24.4 Å². The molecule has 0 aromatic carbocycles. The first-order chi connectivity index (χ1) is 11.7. The molecule has 134 valence electrons. The number of fused-ring (bicyclic) bond motifs is 1. The Hall–Kier alpha value is -2.16. The maximum Gasteiger partial charge on any atom is 0.264 e. The first-order valence-electron chi connectivity index (χ1n) is 7.13. The molecule has 0 amide bonds. The van der Waals surface area contributed by atoms with Crippen molar-refractivity contribution in [1.29, 1.82) is 0 Å². The Bertz CT molecular complexity index is 948. The molecule has 0 saturated carbocycles. The molecule has 1 aliphatic heterocycles. The van der Waals surface area contributed by atoms with Crippen molar-refractivity contribution in [3.63, 3.8) is 0 Å². The van der Waals surface area contributed by atoms with E-state index in [1.54, 1.807) is 0 Å². The molecule has 3 rings (SSSR count). The van der Waals surface area contributed by atoms with Crippen molar-refractivity contribution in [2.45, 2.75) is 37.1 Å². The molecule has 0 aliphatic carbocycles. The number of nitrogens with one attached hydrogen (secondary N) is 1. The second-order valence-electron chi connectivity index (χ2n) is 5.72. The predicted molar refractivity (Wildman–Crippen MR) is 84.9 cm³/mol. The molecule has 25 heavy (non-hydrogen) atoms. The number of aromatic nitrogens is 3. The molecule has 1 aliphatic rings. The third-order valence-electron chi connectivity index (χ3n) is 4.05. The summed E-state index contributed by atoms with van der Waals surface area (Å²) in [5.41, 5.74) is 2.15. The average molecular weight is 373 g/mol. The van der Waals surface area contributed by atoms with Crippen LogP contribution < -0.4 is 11.3 Å². The summed E-state index contributed by atoms with van der Waals surface area (Å²) in [5, 5.41) is 32.4. The number of rotatable bonds is 2. The van der Waals surface area contributed by atoms with Crippen LogP contribution >= 0.6 is 11.6 Å². The largest absolute Gasteiger partial charge is 0.391 e. The average Bonchev–Trinajstić information content (AvgIpc) is 2.96. The molecule has 11 heteroatoms. The maximum atomic E-state index is 14.2. The maximum absolute atomic E-state index is 14.2. The number of hydrogen-bond donors (Lipinski definition) is 5. The van der Waals surface area contributed by atoms with Gasteiger partial charge in [-0.2, -0.15) is 4.98 Å². The van der Waals surface area contributed by atoms with Gasteiger partial charge in [-0.15, -0.1) is 0 Å². The zero-order valence-electron chi connectivity index (χ0n) is 12.8. The Morgan fingerprint density at radius 1 is 1.64 bits per heavy atom. The topological polar surface area (TPSA) is 147 Å². The number of nitrogens with zero attached hydrogens (tertiary/aromatic N) is 2. The van der Waals surface area contributed by atoms with Crippen LogP contribution in [0.2, 0.25) is 0 Å². The number of aliphatic hydroxyl groups excluding tert-OH is 2. The highest BCUT2D eigenvalue weighted by Crippen LogP contribution is 2.41. The Morgan fingerprint density at radius 2 is 2.32 bits per heavy atom. The lowest BCUT2D eigenvalue weighted by Gasteiger charge is -2.26. The molecule has 0 radical (unpaired) electrons. The van der Waals surface area contributed by atoms with Gasteiger partial charge < -0.3 is 25.8 Å². The molecule has 2 unspecified atom stereocenters. The molecule has 2 aromatic heterocycles. The van der Waals surface area contributed by atoms with E-state index in [0.29, 0.717) is 0 Å². The van der Waals surface area contributed by atoms with E-state index in [9.17, 15) is 24.5 Å². The fourth-order valence-corrected chi connectivity index (χ4v) is 3.05. The van der Waals surface area contributed by atoms with Crippen LogP contribution in [0.4, 0.5) is 10.3 Å². The Kier molecular flexibility index (Phi) is 4.22. The number of aromatic amines is 1. The van der Waals surface area contributed by atoms with Gasteiger partial charge in [0, 0.05) is 11.6 Å². The van der Waals surface area contributed by atoms with Gasteiger partial charge in [0.1, 0.15) is 17.6 Å². The number of hydrogen-bond acceptors (Lipinski definition) is 7. The lowest BCUT2D eigenvalue weighted by molar-refractivity contribution is -0.0846. The van der Waals surface area contributed by atoms with Crippen LogP contribution in [0, 0.1) is 17.1 Å². The molecule has 3 heterocycles. The monoisotopic (exact) mass is 372 g/mol. The number of H-pyrrole nitrogens is 1. The number of aliphatic hydroxyl groups is 3. The third-order valence-corrected chi connectivity index (χ3v) is 4.15. The molecule has 6 N–H and O–H groups in total. The first-order valence-corrected chi connectivity index (χ1v) is 7.51. The molecule has 0 bridgehead atoms. The molecule has 0 spiro atoms. The highest BCUT2D eigenvalue weighted by atomic mass is 35.5. The van der Waals surface area contributed by atoms with Crippen molar-refractivity contribution < 1.29 is 24.4 Å². The van der Waals surface area contributed by atoms with Gasteiger partial charge in [0.05, 0.1) is 6.10 Å². The predicted octanol–water partition coefficient (Wildman–Crippen LogP) is -0.984. The Morgan fingerprint density at radius 3 is 2.92 bits per heavy atom. The van der Waals surface area contributed by atoms with E-state index < -0.39 is 46.9 Å². The Labute approximate surface area is 144 Å². The van der Waals surface area contributed by atoms with Crippen molar-refractivity contribution in [2.24, 2.45) is 0 Å². The van der Waals surface area contributed by atoms with Gasteiger partial charge in [-0.25, -0.2) is 4.39 Å². The molecule has 9 nitrogen and oxygen atoms in total. The van der Waals surface area contributed by atoms with Gasteiger partial charge in [0.2, 0.25) is 11.5 Å². The number of halogens is 2. The third kappa shape index (κ3) is 2.57. The number of anilines is 1.